The quantitative estimate of drug-likeness (QED) is 0.454. The third-order valence-corrected chi connectivity index (χ3v) is 5.37. The van der Waals surface area contributed by atoms with Gasteiger partial charge in [0.2, 0.25) is 0 Å². The Labute approximate surface area is 131 Å². The van der Waals surface area contributed by atoms with Crippen molar-refractivity contribution in [2.24, 2.45) is 5.41 Å². The van der Waals surface area contributed by atoms with Gasteiger partial charge in [-0.1, -0.05) is 46.6 Å². The Hall–Kier alpha value is -0.870. The number of alkyl halides is 1. The number of carbonyl (C=O) groups is 2. The maximum Gasteiger partial charge on any atom is 0.319 e. The Morgan fingerprint density at radius 1 is 1.25 bits per heavy atom. The van der Waals surface area contributed by atoms with Gasteiger partial charge in [-0.2, -0.15) is 0 Å². The summed E-state index contributed by atoms with van der Waals surface area (Å²) >= 11 is 9.40. The first-order valence-corrected chi connectivity index (χ1v) is 7.61. The molecule has 0 unspecified atom stereocenters. The molecule has 1 aliphatic heterocycles. The van der Waals surface area contributed by atoms with Crippen molar-refractivity contribution in [1.82, 2.24) is 0 Å². The summed E-state index contributed by atoms with van der Waals surface area (Å²) in [6.07, 6.45) is -0.117. The van der Waals surface area contributed by atoms with Crippen molar-refractivity contribution in [3.05, 3.63) is 34.9 Å². The lowest BCUT2D eigenvalue weighted by Crippen LogP contribution is -2.55. The van der Waals surface area contributed by atoms with Crippen molar-refractivity contribution < 1.29 is 14.3 Å². The van der Waals surface area contributed by atoms with Gasteiger partial charge in [-0.3, -0.25) is 9.59 Å². The third-order valence-electron chi connectivity index (χ3n) is 3.78. The van der Waals surface area contributed by atoms with E-state index in [2.05, 4.69) is 15.9 Å². The Kier molecular flexibility index (Phi) is 4.00. The monoisotopic (exact) mass is 358 g/mol. The molecule has 20 heavy (non-hydrogen) atoms. The maximum atomic E-state index is 12.7. The molecule has 0 saturated carbocycles. The summed E-state index contributed by atoms with van der Waals surface area (Å²) in [5.41, 5.74) is -0.382. The van der Waals surface area contributed by atoms with Gasteiger partial charge in [0.15, 0.2) is 5.78 Å². The van der Waals surface area contributed by atoms with Gasteiger partial charge in [-0.15, -0.1) is 0 Å². The van der Waals surface area contributed by atoms with Gasteiger partial charge in [0.05, 0.1) is 0 Å². The van der Waals surface area contributed by atoms with Gasteiger partial charge in [0.25, 0.3) is 0 Å². The Balaban J connectivity index is 2.49. The van der Waals surface area contributed by atoms with Gasteiger partial charge < -0.3 is 4.74 Å². The van der Waals surface area contributed by atoms with Crippen LogP contribution in [0.3, 0.4) is 0 Å². The summed E-state index contributed by atoms with van der Waals surface area (Å²) < 4.78 is 4.65. The van der Waals surface area contributed by atoms with E-state index in [9.17, 15) is 9.59 Å². The van der Waals surface area contributed by atoms with Crippen molar-refractivity contribution in [1.29, 1.82) is 0 Å². The molecular weight excluding hydrogens is 344 g/mol. The minimum atomic E-state index is -1.14. The van der Waals surface area contributed by atoms with Gasteiger partial charge in [-0.25, -0.2) is 0 Å². The van der Waals surface area contributed by atoms with Crippen molar-refractivity contribution in [3.63, 3.8) is 0 Å². The standard InChI is InChI=1S/C15H16BrClO3/c1-4-15(16)11(9-5-7-10(17)8-6-9)20-13(19)14(2,3)12(15)18/h5-8,11H,4H2,1-3H3/t11-,15+/m1/s1. The lowest BCUT2D eigenvalue weighted by atomic mass is 9.74. The minimum absolute atomic E-state index is 0.149. The second-order valence-electron chi connectivity index (χ2n) is 5.51. The zero-order chi connectivity index (χ0) is 15.1. The number of Topliss-reactive ketones (excluding diaryl/α,β-unsaturated/α-hetero) is 1. The van der Waals surface area contributed by atoms with E-state index >= 15 is 0 Å². The molecule has 5 heteroatoms. The second kappa shape index (κ2) is 5.15. The molecule has 108 valence electrons. The predicted octanol–water partition coefficient (Wildman–Crippen LogP) is 4.08. The van der Waals surface area contributed by atoms with E-state index in [1.807, 2.05) is 6.92 Å². The average molecular weight is 360 g/mol. The number of ether oxygens (including phenoxy) is 1. The first kappa shape index (κ1) is 15.5. The maximum absolute atomic E-state index is 12.7. The fraction of sp³-hybridized carbons (Fsp3) is 0.467. The predicted molar refractivity (Wildman–Crippen MR) is 81.0 cm³/mol. The molecule has 0 amide bonds. The van der Waals surface area contributed by atoms with Crippen LogP contribution in [0.5, 0.6) is 0 Å². The molecule has 1 aromatic carbocycles. The van der Waals surface area contributed by atoms with E-state index in [0.717, 1.165) is 5.56 Å². The zero-order valence-electron chi connectivity index (χ0n) is 11.6. The highest BCUT2D eigenvalue weighted by molar-refractivity contribution is 9.10. The highest BCUT2D eigenvalue weighted by Gasteiger charge is 2.58. The normalized spacial score (nSPS) is 29.1. The minimum Gasteiger partial charge on any atom is -0.455 e. The van der Waals surface area contributed by atoms with E-state index < -0.39 is 21.8 Å². The summed E-state index contributed by atoms with van der Waals surface area (Å²) in [6, 6.07) is 6.99. The number of cyclic esters (lactones) is 1. The molecule has 0 aromatic heterocycles. The van der Waals surface area contributed by atoms with Gasteiger partial charge >= 0.3 is 5.97 Å². The summed E-state index contributed by atoms with van der Waals surface area (Å²) in [4.78, 5) is 24.8. The number of hydrogen-bond acceptors (Lipinski definition) is 3. The number of carbonyl (C=O) groups excluding carboxylic acids is 2. The average Bonchev–Trinajstić information content (AvgIpc) is 2.42. The molecule has 1 aromatic rings. The lowest BCUT2D eigenvalue weighted by Gasteiger charge is -2.43. The fourth-order valence-electron chi connectivity index (χ4n) is 2.39. The highest BCUT2D eigenvalue weighted by atomic mass is 79.9. The molecule has 2 rings (SSSR count). The van der Waals surface area contributed by atoms with Crippen molar-refractivity contribution in [2.45, 2.75) is 37.6 Å². The molecule has 1 heterocycles. The Bertz CT molecular complexity index is 553. The second-order valence-corrected chi connectivity index (χ2v) is 7.36. The molecule has 1 aliphatic rings. The smallest absolute Gasteiger partial charge is 0.319 e. The van der Waals surface area contributed by atoms with Crippen LogP contribution in [0.4, 0.5) is 0 Å². The van der Waals surface area contributed by atoms with Crippen LogP contribution >= 0.6 is 27.5 Å². The summed E-state index contributed by atoms with van der Waals surface area (Å²) in [5, 5.41) is 0.596. The molecule has 0 radical (unpaired) electrons. The molecule has 1 saturated heterocycles. The molecule has 3 nitrogen and oxygen atoms in total. The SMILES string of the molecule is CC[C@@]1(Br)C(=O)C(C)(C)C(=O)O[C@@H]1c1ccc(Cl)cc1. The van der Waals surface area contributed by atoms with Crippen LogP contribution in [-0.4, -0.2) is 16.1 Å². The Morgan fingerprint density at radius 2 is 1.80 bits per heavy atom. The number of halogens is 2. The van der Waals surface area contributed by atoms with Crippen LogP contribution in [0.2, 0.25) is 5.02 Å². The van der Waals surface area contributed by atoms with Crippen LogP contribution in [0, 0.1) is 5.41 Å². The van der Waals surface area contributed by atoms with Gasteiger partial charge in [-0.05, 0) is 38.0 Å². The molecule has 0 bridgehead atoms. The number of esters is 1. The number of ketones is 1. The molecule has 0 N–H and O–H groups in total. The van der Waals surface area contributed by atoms with Gasteiger partial charge in [0, 0.05) is 5.02 Å². The van der Waals surface area contributed by atoms with Crippen LogP contribution in [0.15, 0.2) is 24.3 Å². The number of hydrogen-bond donors (Lipinski definition) is 0. The topological polar surface area (TPSA) is 43.4 Å². The van der Waals surface area contributed by atoms with Crippen LogP contribution < -0.4 is 0 Å². The summed E-state index contributed by atoms with van der Waals surface area (Å²) in [5.74, 6) is -0.644. The molecule has 1 fully saturated rings. The highest BCUT2D eigenvalue weighted by Crippen LogP contribution is 2.49. The largest absolute Gasteiger partial charge is 0.455 e. The van der Waals surface area contributed by atoms with E-state index in [1.54, 1.807) is 38.1 Å². The van der Waals surface area contributed by atoms with Gasteiger partial charge in [0.1, 0.15) is 15.8 Å². The van der Waals surface area contributed by atoms with E-state index in [0.29, 0.717) is 11.4 Å². The van der Waals surface area contributed by atoms with E-state index in [4.69, 9.17) is 16.3 Å². The van der Waals surface area contributed by atoms with Crippen LogP contribution in [0.1, 0.15) is 38.9 Å². The van der Waals surface area contributed by atoms with E-state index in [1.165, 1.54) is 0 Å². The van der Waals surface area contributed by atoms with E-state index in [-0.39, 0.29) is 5.78 Å². The Morgan fingerprint density at radius 3 is 2.30 bits per heavy atom. The first-order valence-electron chi connectivity index (χ1n) is 6.44. The first-order chi connectivity index (χ1) is 9.23. The van der Waals surface area contributed by atoms with Crippen LogP contribution in [-0.2, 0) is 14.3 Å². The third kappa shape index (κ3) is 2.29. The van der Waals surface area contributed by atoms with Crippen LogP contribution in [0.25, 0.3) is 0 Å². The fourth-order valence-corrected chi connectivity index (χ4v) is 3.37. The molecule has 0 spiro atoms. The number of benzene rings is 1. The van der Waals surface area contributed by atoms with Crippen molar-refractivity contribution >= 4 is 39.3 Å². The zero-order valence-corrected chi connectivity index (χ0v) is 13.9. The summed E-state index contributed by atoms with van der Waals surface area (Å²) in [7, 11) is 0. The summed E-state index contributed by atoms with van der Waals surface area (Å²) in [6.45, 7) is 5.09. The molecular formula is C15H16BrClO3. The molecule has 0 aliphatic carbocycles. The lowest BCUT2D eigenvalue weighted by molar-refractivity contribution is -0.176. The van der Waals surface area contributed by atoms with Crippen molar-refractivity contribution in [3.8, 4) is 0 Å². The number of rotatable bonds is 2. The molecule has 2 atom stereocenters. The van der Waals surface area contributed by atoms with Crippen molar-refractivity contribution in [2.75, 3.05) is 0 Å².